The van der Waals surface area contributed by atoms with E-state index in [-0.39, 0.29) is 17.2 Å². The van der Waals surface area contributed by atoms with Crippen LogP contribution in [0.1, 0.15) is 16.7 Å². The van der Waals surface area contributed by atoms with Crippen LogP contribution in [0.25, 0.3) is 11.1 Å². The molecule has 0 atom stereocenters. The minimum absolute atomic E-state index is 0.0681. The van der Waals surface area contributed by atoms with Gasteiger partial charge < -0.3 is 10.2 Å². The molecule has 44 heavy (non-hydrogen) atoms. The molecule has 2 nitrogen and oxygen atoms in total. The van der Waals surface area contributed by atoms with Crippen LogP contribution >= 0.6 is 0 Å². The van der Waals surface area contributed by atoms with E-state index in [1.807, 2.05) is 13.0 Å². The Morgan fingerprint density at radius 3 is 1.48 bits per heavy atom. The molecule has 0 unspecified atom stereocenters. The van der Waals surface area contributed by atoms with Crippen LogP contribution in [0.3, 0.4) is 0 Å². The van der Waals surface area contributed by atoms with Crippen molar-refractivity contribution in [1.29, 1.82) is 0 Å². The van der Waals surface area contributed by atoms with Crippen LogP contribution in [0.4, 0.5) is 68.0 Å². The predicted octanol–water partition coefficient (Wildman–Crippen LogP) is 11.0. The highest BCUT2D eigenvalue weighted by molar-refractivity contribution is 5.81. The topological polar surface area (TPSA) is 15.3 Å². The molecule has 0 heterocycles. The number of benzene rings is 5. The first kappa shape index (κ1) is 30.5. The van der Waals surface area contributed by atoms with E-state index in [0.29, 0.717) is 27.4 Å². The lowest BCUT2D eigenvalue weighted by Gasteiger charge is -2.28. The quantitative estimate of drug-likeness (QED) is 0.151. The smallest absolute Gasteiger partial charge is 0.356 e. The predicted molar refractivity (Wildman–Crippen MR) is 151 cm³/mol. The van der Waals surface area contributed by atoms with Crippen LogP contribution in [0.5, 0.6) is 0 Å². The van der Waals surface area contributed by atoms with Gasteiger partial charge in [0.1, 0.15) is 22.9 Å². The maximum Gasteiger partial charge on any atom is 0.422 e. The van der Waals surface area contributed by atoms with Gasteiger partial charge in [0.15, 0.2) is 23.3 Å². The van der Waals surface area contributed by atoms with E-state index in [1.54, 1.807) is 37.3 Å². The molecule has 0 aliphatic carbocycles. The summed E-state index contributed by atoms with van der Waals surface area (Å²) in [6.07, 6.45) is -5.71. The van der Waals surface area contributed by atoms with Crippen molar-refractivity contribution in [3.8, 4) is 11.1 Å². The Labute approximate surface area is 246 Å². The van der Waals surface area contributed by atoms with E-state index in [4.69, 9.17) is 0 Å². The third kappa shape index (κ3) is 5.82. The largest absolute Gasteiger partial charge is 0.422 e. The Kier molecular flexibility index (Phi) is 8.07. The summed E-state index contributed by atoms with van der Waals surface area (Å²) >= 11 is 0. The number of halogens is 9. The SMILES string of the molecule is Cc1cc(Nc2ccc(F)cc2)ccc1-c1ccc(N(c2ccc(F)cc2)c2c(F)c(F)c(C(F)(F)F)c(F)c2F)cc1C. The second-order valence-corrected chi connectivity index (χ2v) is 9.95. The number of hydrogen-bond donors (Lipinski definition) is 1. The number of nitrogens with one attached hydrogen (secondary N) is 1. The van der Waals surface area contributed by atoms with Crippen molar-refractivity contribution in [2.24, 2.45) is 0 Å². The van der Waals surface area contributed by atoms with Gasteiger partial charge in [-0.05, 0) is 109 Å². The van der Waals surface area contributed by atoms with E-state index in [2.05, 4.69) is 5.32 Å². The first-order chi connectivity index (χ1) is 20.8. The average Bonchev–Trinajstić information content (AvgIpc) is 2.96. The highest BCUT2D eigenvalue weighted by Crippen LogP contribution is 2.45. The molecule has 0 aromatic heterocycles. The number of nitrogens with zero attached hydrogens (tertiary/aromatic N) is 1. The monoisotopic (exact) mass is 616 g/mol. The second-order valence-electron chi connectivity index (χ2n) is 9.95. The summed E-state index contributed by atoms with van der Waals surface area (Å²) < 4.78 is 126. The Balaban J connectivity index is 1.59. The Morgan fingerprint density at radius 2 is 0.977 bits per heavy atom. The molecule has 0 radical (unpaired) electrons. The van der Waals surface area contributed by atoms with Crippen LogP contribution in [0.15, 0.2) is 84.9 Å². The molecule has 0 saturated heterocycles. The van der Waals surface area contributed by atoms with E-state index in [0.717, 1.165) is 35.4 Å². The minimum atomic E-state index is -5.71. The van der Waals surface area contributed by atoms with Crippen LogP contribution in [-0.4, -0.2) is 0 Å². The summed E-state index contributed by atoms with van der Waals surface area (Å²) in [5, 5.41) is 3.16. The van der Waals surface area contributed by atoms with Gasteiger partial charge >= 0.3 is 6.18 Å². The third-order valence-corrected chi connectivity index (χ3v) is 6.95. The van der Waals surface area contributed by atoms with Crippen molar-refractivity contribution in [1.82, 2.24) is 0 Å². The molecular formula is C33H21F9N2. The van der Waals surface area contributed by atoms with Crippen LogP contribution in [-0.2, 0) is 6.18 Å². The molecule has 0 fully saturated rings. The first-order valence-electron chi connectivity index (χ1n) is 13.0. The summed E-state index contributed by atoms with van der Waals surface area (Å²) in [4.78, 5) is 0.676. The normalized spacial score (nSPS) is 11.5. The summed E-state index contributed by atoms with van der Waals surface area (Å²) in [7, 11) is 0. The van der Waals surface area contributed by atoms with Crippen molar-refractivity contribution in [3.63, 3.8) is 0 Å². The number of hydrogen-bond acceptors (Lipinski definition) is 2. The zero-order valence-electron chi connectivity index (χ0n) is 22.9. The highest BCUT2D eigenvalue weighted by Gasteiger charge is 2.43. The molecule has 0 saturated carbocycles. The van der Waals surface area contributed by atoms with E-state index >= 15 is 8.78 Å². The van der Waals surface area contributed by atoms with Gasteiger partial charge in [0, 0.05) is 22.7 Å². The molecule has 1 N–H and O–H groups in total. The fraction of sp³-hybridized carbons (Fsp3) is 0.0909. The molecule has 5 rings (SSSR count). The third-order valence-electron chi connectivity index (χ3n) is 6.95. The zero-order valence-corrected chi connectivity index (χ0v) is 22.9. The highest BCUT2D eigenvalue weighted by atomic mass is 19.4. The van der Waals surface area contributed by atoms with Gasteiger partial charge in [-0.2, -0.15) is 13.2 Å². The van der Waals surface area contributed by atoms with Crippen LogP contribution in [0, 0.1) is 48.8 Å². The Hall–Kier alpha value is -4.93. The number of alkyl halides is 3. The second kappa shape index (κ2) is 11.6. The zero-order chi connectivity index (χ0) is 31.9. The van der Waals surface area contributed by atoms with Crippen molar-refractivity contribution in [2.45, 2.75) is 20.0 Å². The maximum absolute atomic E-state index is 15.2. The lowest BCUT2D eigenvalue weighted by atomic mass is 9.95. The summed E-state index contributed by atoms with van der Waals surface area (Å²) in [6.45, 7) is 3.49. The van der Waals surface area contributed by atoms with Crippen molar-refractivity contribution < 1.29 is 39.5 Å². The number of anilines is 5. The molecule has 226 valence electrons. The molecule has 11 heteroatoms. The van der Waals surface area contributed by atoms with Gasteiger partial charge in [0.25, 0.3) is 0 Å². The fourth-order valence-corrected chi connectivity index (χ4v) is 4.90. The van der Waals surface area contributed by atoms with Crippen molar-refractivity contribution in [2.75, 3.05) is 10.2 Å². The fourth-order valence-electron chi connectivity index (χ4n) is 4.90. The van der Waals surface area contributed by atoms with Gasteiger partial charge in [-0.15, -0.1) is 0 Å². The van der Waals surface area contributed by atoms with E-state index in [9.17, 15) is 30.7 Å². The van der Waals surface area contributed by atoms with Gasteiger partial charge in [0.2, 0.25) is 0 Å². The van der Waals surface area contributed by atoms with Gasteiger partial charge in [-0.25, -0.2) is 26.3 Å². The van der Waals surface area contributed by atoms with Crippen LogP contribution < -0.4 is 10.2 Å². The molecule has 0 aliphatic heterocycles. The molecule has 5 aromatic carbocycles. The average molecular weight is 617 g/mol. The lowest BCUT2D eigenvalue weighted by molar-refractivity contribution is -0.143. The molecule has 0 bridgehead atoms. The molecular weight excluding hydrogens is 595 g/mol. The van der Waals surface area contributed by atoms with Gasteiger partial charge in [0.05, 0.1) is 0 Å². The molecule has 0 amide bonds. The Morgan fingerprint density at radius 1 is 0.523 bits per heavy atom. The Bertz CT molecular complexity index is 1820. The van der Waals surface area contributed by atoms with E-state index < -0.39 is 46.5 Å². The lowest BCUT2D eigenvalue weighted by Crippen LogP contribution is -2.21. The number of aryl methyl sites for hydroxylation is 2. The van der Waals surface area contributed by atoms with Gasteiger partial charge in [-0.1, -0.05) is 12.1 Å². The molecule has 0 aliphatic rings. The summed E-state index contributed by atoms with van der Waals surface area (Å²) in [5.74, 6) is -10.9. The van der Waals surface area contributed by atoms with Gasteiger partial charge in [-0.3, -0.25) is 0 Å². The summed E-state index contributed by atoms with van der Waals surface area (Å²) in [6, 6.07) is 19.5. The van der Waals surface area contributed by atoms with Crippen molar-refractivity contribution >= 4 is 28.4 Å². The maximum atomic E-state index is 15.2. The number of rotatable bonds is 6. The first-order valence-corrected chi connectivity index (χ1v) is 13.0. The molecule has 0 spiro atoms. The minimum Gasteiger partial charge on any atom is -0.356 e. The van der Waals surface area contributed by atoms with Crippen LogP contribution in [0.2, 0.25) is 0 Å². The van der Waals surface area contributed by atoms with E-state index in [1.165, 1.54) is 24.3 Å². The van der Waals surface area contributed by atoms with Crippen molar-refractivity contribution in [3.05, 3.63) is 137 Å². The standard InChI is InChI=1S/C33H21F9N2/c1-17-15-22(43-21-7-3-19(34)4-8-21)9-13-25(17)26-14-12-24(16-18(26)2)44(23-10-5-20(35)6-11-23)32-30(38)28(36)27(33(40,41)42)29(37)31(32)39/h3-16,43H,1-2H3. The molecule has 5 aromatic rings. The summed E-state index contributed by atoms with van der Waals surface area (Å²) in [5.41, 5.74) is -0.238.